The third-order valence-electron chi connectivity index (χ3n) is 3.29. The Kier molecular flexibility index (Phi) is 2.18. The van der Waals surface area contributed by atoms with Crippen molar-refractivity contribution in [3.05, 3.63) is 59.7 Å². The van der Waals surface area contributed by atoms with Crippen LogP contribution < -0.4 is 5.73 Å². The molecule has 3 heteroatoms. The molecule has 0 fully saturated rings. The van der Waals surface area contributed by atoms with E-state index in [0.29, 0.717) is 5.92 Å². The highest BCUT2D eigenvalue weighted by molar-refractivity contribution is 5.42. The number of hydrogen-bond acceptors (Lipinski definition) is 3. The van der Waals surface area contributed by atoms with Gasteiger partial charge in [0.1, 0.15) is 6.33 Å². The van der Waals surface area contributed by atoms with Gasteiger partial charge in [-0.05, 0) is 17.5 Å². The number of nitrogens with zero attached hydrogens (tertiary/aromatic N) is 2. The second-order valence-corrected chi connectivity index (χ2v) is 4.21. The van der Waals surface area contributed by atoms with E-state index < -0.39 is 0 Å². The highest BCUT2D eigenvalue weighted by atomic mass is 14.8. The predicted molar refractivity (Wildman–Crippen MR) is 61.8 cm³/mol. The van der Waals surface area contributed by atoms with Gasteiger partial charge in [-0.3, -0.25) is 0 Å². The molecular formula is C13H13N3. The van der Waals surface area contributed by atoms with Crippen LogP contribution in [0, 0.1) is 0 Å². The SMILES string of the molecule is NC(c1cncnc1)C1Cc2ccccc21. The molecule has 1 aromatic heterocycles. The van der Waals surface area contributed by atoms with E-state index in [0.717, 1.165) is 12.0 Å². The summed E-state index contributed by atoms with van der Waals surface area (Å²) in [5.74, 6) is 0.419. The highest BCUT2D eigenvalue weighted by Gasteiger charge is 2.31. The van der Waals surface area contributed by atoms with Crippen molar-refractivity contribution in [1.29, 1.82) is 0 Å². The van der Waals surface area contributed by atoms with Crippen molar-refractivity contribution in [2.75, 3.05) is 0 Å². The van der Waals surface area contributed by atoms with Crippen LogP contribution in [0.2, 0.25) is 0 Å². The van der Waals surface area contributed by atoms with E-state index in [1.807, 2.05) is 0 Å². The van der Waals surface area contributed by atoms with Crippen LogP contribution in [-0.2, 0) is 6.42 Å². The van der Waals surface area contributed by atoms with Crippen LogP contribution in [0.5, 0.6) is 0 Å². The minimum absolute atomic E-state index is 0.0103. The van der Waals surface area contributed by atoms with Gasteiger partial charge in [-0.25, -0.2) is 9.97 Å². The maximum Gasteiger partial charge on any atom is 0.115 e. The molecule has 16 heavy (non-hydrogen) atoms. The molecule has 0 radical (unpaired) electrons. The fraction of sp³-hybridized carbons (Fsp3) is 0.231. The zero-order valence-electron chi connectivity index (χ0n) is 8.88. The molecule has 0 saturated carbocycles. The smallest absolute Gasteiger partial charge is 0.115 e. The minimum atomic E-state index is 0.0103. The predicted octanol–water partition coefficient (Wildman–Crippen LogP) is 1.82. The lowest BCUT2D eigenvalue weighted by Crippen LogP contribution is -2.29. The maximum atomic E-state index is 6.24. The number of benzene rings is 1. The van der Waals surface area contributed by atoms with Gasteiger partial charge >= 0.3 is 0 Å². The summed E-state index contributed by atoms with van der Waals surface area (Å²) in [6, 6.07) is 8.48. The van der Waals surface area contributed by atoms with E-state index in [1.165, 1.54) is 17.5 Å². The first-order valence-corrected chi connectivity index (χ1v) is 5.44. The molecule has 0 saturated heterocycles. The van der Waals surface area contributed by atoms with Gasteiger partial charge in [-0.1, -0.05) is 24.3 Å². The second-order valence-electron chi connectivity index (χ2n) is 4.21. The second kappa shape index (κ2) is 3.68. The highest BCUT2D eigenvalue weighted by Crippen LogP contribution is 2.41. The number of aromatic nitrogens is 2. The normalized spacial score (nSPS) is 19.7. The van der Waals surface area contributed by atoms with Crippen LogP contribution >= 0.6 is 0 Å². The fourth-order valence-electron chi connectivity index (χ4n) is 2.33. The number of hydrogen-bond donors (Lipinski definition) is 1. The average Bonchev–Trinajstić information content (AvgIpc) is 2.32. The van der Waals surface area contributed by atoms with E-state index in [1.54, 1.807) is 12.4 Å². The van der Waals surface area contributed by atoms with E-state index in [9.17, 15) is 0 Å². The lowest BCUT2D eigenvalue weighted by atomic mass is 9.72. The Labute approximate surface area is 94.4 Å². The standard InChI is InChI=1S/C13H13N3/c14-13(10-6-15-8-16-7-10)12-5-9-3-1-2-4-11(9)12/h1-4,6-8,12-13H,5,14H2. The number of rotatable bonds is 2. The van der Waals surface area contributed by atoms with Crippen molar-refractivity contribution in [2.45, 2.75) is 18.4 Å². The first-order chi connectivity index (χ1) is 7.86. The third-order valence-corrected chi connectivity index (χ3v) is 3.29. The van der Waals surface area contributed by atoms with E-state index in [2.05, 4.69) is 34.2 Å². The Morgan fingerprint density at radius 3 is 2.69 bits per heavy atom. The molecule has 0 amide bonds. The molecule has 0 aliphatic heterocycles. The first-order valence-electron chi connectivity index (χ1n) is 5.44. The molecule has 2 aromatic rings. The van der Waals surface area contributed by atoms with Crippen molar-refractivity contribution >= 4 is 0 Å². The summed E-state index contributed by atoms with van der Waals surface area (Å²) < 4.78 is 0. The summed E-state index contributed by atoms with van der Waals surface area (Å²) in [6.07, 6.45) is 6.20. The van der Waals surface area contributed by atoms with Gasteiger partial charge in [0.2, 0.25) is 0 Å². The minimum Gasteiger partial charge on any atom is -0.323 e. The van der Waals surface area contributed by atoms with E-state index >= 15 is 0 Å². The summed E-state index contributed by atoms with van der Waals surface area (Å²) in [5.41, 5.74) is 10.0. The first kappa shape index (κ1) is 9.48. The Hall–Kier alpha value is -1.74. The molecule has 1 aliphatic rings. The van der Waals surface area contributed by atoms with Gasteiger partial charge in [0, 0.05) is 29.9 Å². The van der Waals surface area contributed by atoms with Crippen LogP contribution in [0.1, 0.15) is 28.7 Å². The molecule has 80 valence electrons. The summed E-state index contributed by atoms with van der Waals surface area (Å²) in [6.45, 7) is 0. The zero-order chi connectivity index (χ0) is 11.0. The van der Waals surface area contributed by atoms with E-state index in [4.69, 9.17) is 5.73 Å². The molecule has 1 aromatic carbocycles. The third kappa shape index (κ3) is 1.41. The van der Waals surface area contributed by atoms with Crippen LogP contribution in [0.3, 0.4) is 0 Å². The largest absolute Gasteiger partial charge is 0.323 e. The van der Waals surface area contributed by atoms with Crippen molar-refractivity contribution in [3.8, 4) is 0 Å². The topological polar surface area (TPSA) is 51.8 Å². The molecule has 1 aliphatic carbocycles. The average molecular weight is 211 g/mol. The van der Waals surface area contributed by atoms with Crippen LogP contribution in [0.4, 0.5) is 0 Å². The van der Waals surface area contributed by atoms with Gasteiger partial charge in [-0.2, -0.15) is 0 Å². The van der Waals surface area contributed by atoms with Crippen molar-refractivity contribution < 1.29 is 0 Å². The number of nitrogens with two attached hydrogens (primary N) is 1. The van der Waals surface area contributed by atoms with Gasteiger partial charge in [0.05, 0.1) is 0 Å². The maximum absolute atomic E-state index is 6.24. The van der Waals surface area contributed by atoms with E-state index in [-0.39, 0.29) is 6.04 Å². The van der Waals surface area contributed by atoms with Gasteiger partial charge in [0.25, 0.3) is 0 Å². The van der Waals surface area contributed by atoms with Crippen LogP contribution in [0.25, 0.3) is 0 Å². The lowest BCUT2D eigenvalue weighted by Gasteiger charge is -2.34. The molecule has 3 nitrogen and oxygen atoms in total. The summed E-state index contributed by atoms with van der Waals surface area (Å²) in [5, 5.41) is 0. The molecular weight excluding hydrogens is 198 g/mol. The summed E-state index contributed by atoms with van der Waals surface area (Å²) in [4.78, 5) is 8.02. The van der Waals surface area contributed by atoms with Crippen molar-refractivity contribution in [3.63, 3.8) is 0 Å². The lowest BCUT2D eigenvalue weighted by molar-refractivity contribution is 0.497. The molecule has 2 atom stereocenters. The Morgan fingerprint density at radius 2 is 1.94 bits per heavy atom. The molecule has 3 rings (SSSR count). The van der Waals surface area contributed by atoms with Crippen LogP contribution in [0.15, 0.2) is 43.0 Å². The number of fused-ring (bicyclic) bond motifs is 1. The zero-order valence-corrected chi connectivity index (χ0v) is 8.88. The van der Waals surface area contributed by atoms with Crippen LogP contribution in [-0.4, -0.2) is 9.97 Å². The summed E-state index contributed by atoms with van der Waals surface area (Å²) >= 11 is 0. The van der Waals surface area contributed by atoms with Crippen molar-refractivity contribution in [1.82, 2.24) is 9.97 Å². The Morgan fingerprint density at radius 1 is 1.19 bits per heavy atom. The van der Waals surface area contributed by atoms with Gasteiger partial charge < -0.3 is 5.73 Å². The fourth-order valence-corrected chi connectivity index (χ4v) is 2.33. The molecule has 1 heterocycles. The monoisotopic (exact) mass is 211 g/mol. The Balaban J connectivity index is 1.87. The Bertz CT molecular complexity index is 496. The van der Waals surface area contributed by atoms with Crippen molar-refractivity contribution in [2.24, 2.45) is 5.73 Å². The molecule has 0 bridgehead atoms. The summed E-state index contributed by atoms with van der Waals surface area (Å²) in [7, 11) is 0. The molecule has 2 unspecified atom stereocenters. The van der Waals surface area contributed by atoms with Gasteiger partial charge in [0.15, 0.2) is 0 Å². The molecule has 2 N–H and O–H groups in total. The molecule has 0 spiro atoms. The quantitative estimate of drug-likeness (QED) is 0.824. The van der Waals surface area contributed by atoms with Gasteiger partial charge in [-0.15, -0.1) is 0 Å².